The highest BCUT2D eigenvalue weighted by Gasteiger charge is 2.18. The Morgan fingerprint density at radius 2 is 1.59 bits per heavy atom. The highest BCUT2D eigenvalue weighted by molar-refractivity contribution is 5.82. The van der Waals surface area contributed by atoms with Crippen LogP contribution >= 0.6 is 0 Å². The molecule has 34 heavy (non-hydrogen) atoms. The van der Waals surface area contributed by atoms with Crippen molar-refractivity contribution in [2.75, 3.05) is 19.6 Å². The summed E-state index contributed by atoms with van der Waals surface area (Å²) in [5.74, 6) is -0.00371. The van der Waals surface area contributed by atoms with Crippen LogP contribution in [0.4, 0.5) is 0 Å². The van der Waals surface area contributed by atoms with Gasteiger partial charge in [-0.1, -0.05) is 24.6 Å². The minimum atomic E-state index is -1.05. The van der Waals surface area contributed by atoms with Crippen molar-refractivity contribution in [1.29, 1.82) is 0 Å². The Labute approximate surface area is 193 Å². The maximum Gasteiger partial charge on any atom is 0.299 e. The fourth-order valence-corrected chi connectivity index (χ4v) is 4.50. The van der Waals surface area contributed by atoms with Crippen LogP contribution in [0.25, 0.3) is 28.1 Å². The number of piperidine rings is 1. The third-order valence-corrected chi connectivity index (χ3v) is 6.03. The van der Waals surface area contributed by atoms with E-state index < -0.39 is 10.2 Å². The van der Waals surface area contributed by atoms with Crippen molar-refractivity contribution >= 4 is 16.8 Å². The van der Waals surface area contributed by atoms with Gasteiger partial charge in [0.05, 0.1) is 16.7 Å². The lowest BCUT2D eigenvalue weighted by atomic mass is 10.1. The standard InChI is InChI=1S/C22H22N6O6/c29-27(30)33-20-9-8-16(14-21(20)34-28(31)32)17-15-26-19-7-3-2-6-18(19)25(22(26)23-17)13-12-24-10-4-1-5-11-24/h2-3,6-9,14-15H,1,4-5,10-13H2. The molecule has 12 nitrogen and oxygen atoms in total. The number of benzene rings is 2. The monoisotopic (exact) mass is 466 g/mol. The number of fused-ring (bicyclic) bond motifs is 3. The predicted octanol–water partition coefficient (Wildman–Crippen LogP) is 3.58. The first kappa shape index (κ1) is 21.6. The molecule has 0 aliphatic carbocycles. The Balaban J connectivity index is 1.53. The van der Waals surface area contributed by atoms with E-state index in [9.17, 15) is 20.2 Å². The molecule has 0 saturated carbocycles. The molecular weight excluding hydrogens is 444 g/mol. The van der Waals surface area contributed by atoms with Crippen LogP contribution in [0.2, 0.25) is 0 Å². The first-order valence-corrected chi connectivity index (χ1v) is 11.0. The average Bonchev–Trinajstić information content (AvgIpc) is 3.37. The third kappa shape index (κ3) is 4.22. The Morgan fingerprint density at radius 3 is 2.32 bits per heavy atom. The number of rotatable bonds is 8. The summed E-state index contributed by atoms with van der Waals surface area (Å²) < 4.78 is 4.16. The summed E-state index contributed by atoms with van der Waals surface area (Å²) in [6, 6.07) is 12.1. The van der Waals surface area contributed by atoms with Crippen LogP contribution in [-0.2, 0) is 6.54 Å². The summed E-state index contributed by atoms with van der Waals surface area (Å²) in [6.45, 7) is 3.91. The predicted molar refractivity (Wildman–Crippen MR) is 122 cm³/mol. The van der Waals surface area contributed by atoms with E-state index in [4.69, 9.17) is 4.98 Å². The zero-order valence-corrected chi connectivity index (χ0v) is 18.2. The molecule has 0 bridgehead atoms. The first-order chi connectivity index (χ1) is 16.5. The van der Waals surface area contributed by atoms with E-state index in [0.717, 1.165) is 43.0 Å². The normalized spacial score (nSPS) is 14.5. The summed E-state index contributed by atoms with van der Waals surface area (Å²) in [5, 5.41) is 19.5. The van der Waals surface area contributed by atoms with Gasteiger partial charge in [0.25, 0.3) is 10.2 Å². The van der Waals surface area contributed by atoms with Crippen LogP contribution in [0, 0.1) is 20.2 Å². The molecule has 0 radical (unpaired) electrons. The molecule has 176 valence electrons. The Morgan fingerprint density at radius 1 is 0.882 bits per heavy atom. The van der Waals surface area contributed by atoms with Gasteiger partial charge in [-0.3, -0.25) is 14.1 Å². The van der Waals surface area contributed by atoms with Gasteiger partial charge < -0.3 is 9.47 Å². The number of para-hydroxylation sites is 2. The van der Waals surface area contributed by atoms with Crippen LogP contribution in [-0.4, -0.2) is 48.7 Å². The molecule has 1 aliphatic rings. The summed E-state index contributed by atoms with van der Waals surface area (Å²) >= 11 is 0. The summed E-state index contributed by atoms with van der Waals surface area (Å²) in [6.07, 6.45) is 5.57. The van der Waals surface area contributed by atoms with Gasteiger partial charge in [-0.25, -0.2) is 4.98 Å². The highest BCUT2D eigenvalue weighted by Crippen LogP contribution is 2.34. The lowest BCUT2D eigenvalue weighted by Crippen LogP contribution is -2.32. The Bertz CT molecular complexity index is 1370. The van der Waals surface area contributed by atoms with Crippen molar-refractivity contribution in [1.82, 2.24) is 18.9 Å². The average molecular weight is 466 g/mol. The van der Waals surface area contributed by atoms with Crippen molar-refractivity contribution in [3.05, 3.63) is 68.9 Å². The number of aromatic nitrogens is 3. The molecule has 4 aromatic rings. The van der Waals surface area contributed by atoms with Crippen LogP contribution in [0.3, 0.4) is 0 Å². The molecule has 0 unspecified atom stereocenters. The SMILES string of the molecule is O=[N+]([O-])Oc1ccc(-c2cn3c4ccccc4n(CCN4CCCCC4)c3n2)cc1O[N+](=O)[O-]. The van der Waals surface area contributed by atoms with Crippen molar-refractivity contribution in [2.24, 2.45) is 0 Å². The lowest BCUT2D eigenvalue weighted by molar-refractivity contribution is -0.721. The van der Waals surface area contributed by atoms with Gasteiger partial charge in [-0.2, -0.15) is 0 Å². The van der Waals surface area contributed by atoms with Crippen molar-refractivity contribution in [3.63, 3.8) is 0 Å². The topological polar surface area (TPSA) is 130 Å². The van der Waals surface area contributed by atoms with Crippen LogP contribution < -0.4 is 9.68 Å². The Hall–Kier alpha value is -4.19. The summed E-state index contributed by atoms with van der Waals surface area (Å²) in [5.41, 5.74) is 3.11. The Kier molecular flexibility index (Phi) is 5.72. The zero-order chi connectivity index (χ0) is 23.7. The van der Waals surface area contributed by atoms with Crippen LogP contribution in [0.1, 0.15) is 19.3 Å². The third-order valence-electron chi connectivity index (χ3n) is 6.03. The molecule has 1 fully saturated rings. The fourth-order valence-electron chi connectivity index (χ4n) is 4.50. The maximum absolute atomic E-state index is 10.9. The quantitative estimate of drug-likeness (QED) is 0.284. The summed E-state index contributed by atoms with van der Waals surface area (Å²) in [4.78, 5) is 37.8. The van der Waals surface area contributed by atoms with Gasteiger partial charge in [-0.15, -0.1) is 20.2 Å². The molecule has 5 rings (SSSR count). The maximum atomic E-state index is 10.9. The molecule has 0 atom stereocenters. The van der Waals surface area contributed by atoms with Crippen LogP contribution in [0.15, 0.2) is 48.7 Å². The zero-order valence-electron chi connectivity index (χ0n) is 18.2. The van der Waals surface area contributed by atoms with Crippen molar-refractivity contribution in [2.45, 2.75) is 25.8 Å². The van der Waals surface area contributed by atoms with E-state index in [0.29, 0.717) is 11.3 Å². The van der Waals surface area contributed by atoms with Gasteiger partial charge >= 0.3 is 0 Å². The van der Waals surface area contributed by atoms with E-state index in [1.165, 1.54) is 31.4 Å². The molecule has 2 aromatic heterocycles. The molecule has 2 aromatic carbocycles. The van der Waals surface area contributed by atoms with Gasteiger partial charge in [0, 0.05) is 24.8 Å². The first-order valence-electron chi connectivity index (χ1n) is 11.0. The van der Waals surface area contributed by atoms with Crippen molar-refractivity contribution in [3.8, 4) is 22.8 Å². The van der Waals surface area contributed by atoms with E-state index in [1.807, 2.05) is 28.8 Å². The van der Waals surface area contributed by atoms with Crippen LogP contribution in [0.5, 0.6) is 11.5 Å². The molecule has 3 heterocycles. The van der Waals surface area contributed by atoms with E-state index >= 15 is 0 Å². The summed E-state index contributed by atoms with van der Waals surface area (Å²) in [7, 11) is 0. The van der Waals surface area contributed by atoms with Crippen molar-refractivity contribution < 1.29 is 19.8 Å². The highest BCUT2D eigenvalue weighted by atomic mass is 17.0. The van der Waals surface area contributed by atoms with Gasteiger partial charge in [-0.05, 0) is 50.2 Å². The van der Waals surface area contributed by atoms with E-state index in [-0.39, 0.29) is 11.5 Å². The number of hydrogen-bond acceptors (Lipinski definition) is 8. The molecule has 12 heteroatoms. The minimum Gasteiger partial charge on any atom is -0.308 e. The number of hydrogen-bond donors (Lipinski definition) is 0. The molecule has 0 amide bonds. The number of likely N-dealkylation sites (tertiary alicyclic amines) is 1. The largest absolute Gasteiger partial charge is 0.308 e. The van der Waals surface area contributed by atoms with Gasteiger partial charge in [0.2, 0.25) is 5.78 Å². The molecule has 0 spiro atoms. The van der Waals surface area contributed by atoms with E-state index in [1.54, 1.807) is 6.07 Å². The molecule has 1 aliphatic heterocycles. The molecule has 1 saturated heterocycles. The fraction of sp³-hybridized carbons (Fsp3) is 0.318. The van der Waals surface area contributed by atoms with Gasteiger partial charge in [0.15, 0.2) is 11.5 Å². The lowest BCUT2D eigenvalue weighted by Gasteiger charge is -2.26. The molecular formula is C22H22N6O6. The second-order valence-corrected chi connectivity index (χ2v) is 8.13. The smallest absolute Gasteiger partial charge is 0.299 e. The van der Waals surface area contributed by atoms with E-state index in [2.05, 4.69) is 25.2 Å². The van der Waals surface area contributed by atoms with Gasteiger partial charge in [0.1, 0.15) is 0 Å². The second-order valence-electron chi connectivity index (χ2n) is 8.13. The number of nitrogens with zero attached hydrogens (tertiary/aromatic N) is 6. The minimum absolute atomic E-state index is 0.370. The molecule has 0 N–H and O–H groups in total. The second kappa shape index (κ2) is 8.98. The number of imidazole rings is 2.